The number of rotatable bonds is 3. The largest absolute Gasteiger partial charge is 0.378 e. The highest BCUT2D eigenvalue weighted by molar-refractivity contribution is 7.80. The average Bonchev–Trinajstić information content (AvgIpc) is 2.54. The molecule has 0 aromatic heterocycles. The number of amides is 1. The number of thiocarbonyl (C=S) groups is 1. The maximum Gasteiger partial charge on any atom is 0.257 e. The fourth-order valence-electron chi connectivity index (χ4n) is 2.30. The summed E-state index contributed by atoms with van der Waals surface area (Å²) in [6.07, 6.45) is 0. The second-order valence-electron chi connectivity index (χ2n) is 7.18. The van der Waals surface area contributed by atoms with Crippen LogP contribution in [0.1, 0.15) is 36.7 Å². The lowest BCUT2D eigenvalue weighted by atomic mass is 9.87. The number of carbonyl (C=O) groups is 1. The average molecular weight is 392 g/mol. The van der Waals surface area contributed by atoms with Crippen LogP contribution in [0.25, 0.3) is 0 Å². The van der Waals surface area contributed by atoms with Crippen molar-refractivity contribution in [3.05, 3.63) is 59.7 Å². The molecular weight excluding hydrogens is 366 g/mol. The van der Waals surface area contributed by atoms with Gasteiger partial charge in [-0.05, 0) is 59.6 Å². The minimum Gasteiger partial charge on any atom is -0.378 e. The summed E-state index contributed by atoms with van der Waals surface area (Å²) >= 11 is 5.23. The van der Waals surface area contributed by atoms with Gasteiger partial charge in [0.25, 0.3) is 5.91 Å². The molecule has 2 aromatic carbocycles. The van der Waals surface area contributed by atoms with Crippen molar-refractivity contribution in [2.45, 2.75) is 26.2 Å². The minimum absolute atomic E-state index is 0. The molecule has 1 amide bonds. The second-order valence-corrected chi connectivity index (χ2v) is 7.59. The van der Waals surface area contributed by atoms with Gasteiger partial charge in [0, 0.05) is 31.0 Å². The molecule has 0 spiro atoms. The van der Waals surface area contributed by atoms with Gasteiger partial charge < -0.3 is 10.2 Å². The van der Waals surface area contributed by atoms with Gasteiger partial charge in [0.05, 0.1) is 0 Å². The first-order valence-corrected chi connectivity index (χ1v) is 8.58. The molecule has 0 aliphatic heterocycles. The van der Waals surface area contributed by atoms with Crippen molar-refractivity contribution in [2.75, 3.05) is 24.3 Å². The van der Waals surface area contributed by atoms with E-state index in [-0.39, 0.29) is 28.8 Å². The van der Waals surface area contributed by atoms with E-state index in [0.29, 0.717) is 5.56 Å². The van der Waals surface area contributed by atoms with Crippen LogP contribution in [0.15, 0.2) is 48.5 Å². The maximum absolute atomic E-state index is 12.3. The zero-order valence-electron chi connectivity index (χ0n) is 15.8. The molecule has 6 heteroatoms. The Hall–Kier alpha value is -2.11. The molecular formula is C20H26ClN3OS. The van der Waals surface area contributed by atoms with E-state index in [4.69, 9.17) is 12.2 Å². The Labute approximate surface area is 167 Å². The van der Waals surface area contributed by atoms with Crippen LogP contribution >= 0.6 is 24.6 Å². The standard InChI is InChI=1S/C20H25N3OS.ClH/c1-20(2,3)15-8-6-14(7-9-15)18(24)22-19(25)21-16-10-12-17(13-11-16)23(4)5;/h6-13H,1-5H3,(H2,21,22,24,25);1H. The molecule has 0 fully saturated rings. The molecule has 140 valence electrons. The van der Waals surface area contributed by atoms with Crippen molar-refractivity contribution >= 4 is 47.0 Å². The number of hydrogen-bond acceptors (Lipinski definition) is 3. The van der Waals surface area contributed by atoms with Gasteiger partial charge in [0.2, 0.25) is 0 Å². The molecule has 26 heavy (non-hydrogen) atoms. The number of carbonyl (C=O) groups excluding carboxylic acids is 1. The maximum atomic E-state index is 12.3. The van der Waals surface area contributed by atoms with Crippen molar-refractivity contribution in [1.82, 2.24) is 5.32 Å². The van der Waals surface area contributed by atoms with Gasteiger partial charge in [-0.25, -0.2) is 0 Å². The van der Waals surface area contributed by atoms with Crippen LogP contribution in [0.2, 0.25) is 0 Å². The number of hydrogen-bond donors (Lipinski definition) is 2. The third kappa shape index (κ3) is 6.00. The number of nitrogens with zero attached hydrogens (tertiary/aromatic N) is 1. The molecule has 0 bridgehead atoms. The Morgan fingerprint density at radius 1 is 0.962 bits per heavy atom. The Bertz CT molecular complexity index is 750. The zero-order chi connectivity index (χ0) is 18.6. The Morgan fingerprint density at radius 3 is 1.96 bits per heavy atom. The molecule has 0 heterocycles. The van der Waals surface area contributed by atoms with E-state index >= 15 is 0 Å². The predicted octanol–water partition coefficient (Wildman–Crippen LogP) is 4.60. The van der Waals surface area contributed by atoms with E-state index in [1.165, 1.54) is 5.56 Å². The highest BCUT2D eigenvalue weighted by atomic mass is 35.5. The van der Waals surface area contributed by atoms with Crippen LogP contribution in [0, 0.1) is 0 Å². The summed E-state index contributed by atoms with van der Waals surface area (Å²) in [6, 6.07) is 15.4. The smallest absolute Gasteiger partial charge is 0.257 e. The fourth-order valence-corrected chi connectivity index (χ4v) is 2.51. The fraction of sp³-hybridized carbons (Fsp3) is 0.300. The first-order chi connectivity index (χ1) is 11.7. The molecule has 0 aliphatic carbocycles. The monoisotopic (exact) mass is 391 g/mol. The van der Waals surface area contributed by atoms with Crippen molar-refractivity contribution in [2.24, 2.45) is 0 Å². The number of benzene rings is 2. The van der Waals surface area contributed by atoms with Crippen molar-refractivity contribution in [1.29, 1.82) is 0 Å². The normalized spacial score (nSPS) is 10.5. The highest BCUT2D eigenvalue weighted by Gasteiger charge is 2.14. The molecule has 0 saturated heterocycles. The summed E-state index contributed by atoms with van der Waals surface area (Å²) < 4.78 is 0. The van der Waals surface area contributed by atoms with Crippen molar-refractivity contribution in [3.8, 4) is 0 Å². The van der Waals surface area contributed by atoms with Gasteiger partial charge in [-0.15, -0.1) is 12.4 Å². The Morgan fingerprint density at radius 2 is 1.50 bits per heavy atom. The van der Waals surface area contributed by atoms with E-state index in [9.17, 15) is 4.79 Å². The zero-order valence-corrected chi connectivity index (χ0v) is 17.4. The first kappa shape index (κ1) is 21.9. The third-order valence-corrected chi connectivity index (χ3v) is 4.09. The SMILES string of the molecule is CN(C)c1ccc(NC(=S)NC(=O)c2ccc(C(C)(C)C)cc2)cc1.Cl. The third-order valence-electron chi connectivity index (χ3n) is 3.88. The van der Waals surface area contributed by atoms with E-state index in [1.54, 1.807) is 0 Å². The van der Waals surface area contributed by atoms with Gasteiger partial charge in [-0.2, -0.15) is 0 Å². The van der Waals surface area contributed by atoms with Crippen LogP contribution < -0.4 is 15.5 Å². The lowest BCUT2D eigenvalue weighted by Crippen LogP contribution is -2.34. The van der Waals surface area contributed by atoms with Gasteiger partial charge in [0.1, 0.15) is 0 Å². The molecule has 0 saturated carbocycles. The minimum atomic E-state index is -0.220. The quantitative estimate of drug-likeness (QED) is 0.750. The van der Waals surface area contributed by atoms with E-state index in [0.717, 1.165) is 11.4 Å². The number of nitrogens with one attached hydrogen (secondary N) is 2. The van der Waals surface area contributed by atoms with Gasteiger partial charge in [-0.3, -0.25) is 10.1 Å². The van der Waals surface area contributed by atoms with Gasteiger partial charge in [-0.1, -0.05) is 32.9 Å². The molecule has 0 radical (unpaired) electrons. The molecule has 4 nitrogen and oxygen atoms in total. The first-order valence-electron chi connectivity index (χ1n) is 8.17. The molecule has 0 atom stereocenters. The summed E-state index contributed by atoms with van der Waals surface area (Å²) in [5.41, 5.74) is 3.76. The van der Waals surface area contributed by atoms with Crippen LogP contribution in [-0.2, 0) is 5.41 Å². The van der Waals surface area contributed by atoms with Crippen LogP contribution in [0.4, 0.5) is 11.4 Å². The topological polar surface area (TPSA) is 44.4 Å². The molecule has 2 aromatic rings. The highest BCUT2D eigenvalue weighted by Crippen LogP contribution is 2.22. The summed E-state index contributed by atoms with van der Waals surface area (Å²) in [7, 11) is 3.97. The van der Waals surface area contributed by atoms with E-state index in [2.05, 4.69) is 31.4 Å². The lowest BCUT2D eigenvalue weighted by Gasteiger charge is -2.19. The van der Waals surface area contributed by atoms with Crippen LogP contribution in [0.5, 0.6) is 0 Å². The number of halogens is 1. The molecule has 2 rings (SSSR count). The van der Waals surface area contributed by atoms with E-state index < -0.39 is 0 Å². The molecule has 0 unspecified atom stereocenters. The van der Waals surface area contributed by atoms with E-state index in [1.807, 2.05) is 67.5 Å². The second kappa shape index (κ2) is 9.01. The van der Waals surface area contributed by atoms with Crippen molar-refractivity contribution < 1.29 is 4.79 Å². The summed E-state index contributed by atoms with van der Waals surface area (Å²) in [5.74, 6) is -0.220. The van der Waals surface area contributed by atoms with Gasteiger partial charge in [0.15, 0.2) is 5.11 Å². The van der Waals surface area contributed by atoms with Crippen LogP contribution in [0.3, 0.4) is 0 Å². The lowest BCUT2D eigenvalue weighted by molar-refractivity contribution is 0.0977. The van der Waals surface area contributed by atoms with Gasteiger partial charge >= 0.3 is 0 Å². The van der Waals surface area contributed by atoms with Crippen molar-refractivity contribution in [3.63, 3.8) is 0 Å². The Kier molecular flexibility index (Phi) is 7.60. The number of anilines is 2. The summed E-state index contributed by atoms with van der Waals surface area (Å²) in [4.78, 5) is 14.3. The summed E-state index contributed by atoms with van der Waals surface area (Å²) in [5, 5.41) is 6.02. The predicted molar refractivity (Wildman–Crippen MR) is 117 cm³/mol. The molecule has 0 aliphatic rings. The Balaban J connectivity index is 0.00000338. The summed E-state index contributed by atoms with van der Waals surface area (Å²) in [6.45, 7) is 6.42. The van der Waals surface area contributed by atoms with Crippen LogP contribution in [-0.4, -0.2) is 25.1 Å². The molecule has 2 N–H and O–H groups in total.